The molecule has 8 nitrogen and oxygen atoms in total. The van der Waals surface area contributed by atoms with Crippen molar-refractivity contribution in [3.63, 3.8) is 0 Å². The molecule has 0 radical (unpaired) electrons. The summed E-state index contributed by atoms with van der Waals surface area (Å²) in [5.41, 5.74) is 0.955. The number of hydrogen-bond donors (Lipinski definition) is 1. The Kier molecular flexibility index (Phi) is 4.92. The van der Waals surface area contributed by atoms with Gasteiger partial charge in [0.15, 0.2) is 0 Å². The number of hydrogen-bond acceptors (Lipinski definition) is 4. The Balaban J connectivity index is 1.84. The number of rotatable bonds is 7. The molecule has 0 atom stereocenters. The van der Waals surface area contributed by atoms with E-state index in [-0.39, 0.29) is 17.9 Å². The average molecular weight is 305 g/mol. The zero-order chi connectivity index (χ0) is 16.1. The molecule has 0 aliphatic heterocycles. The summed E-state index contributed by atoms with van der Waals surface area (Å²) in [4.78, 5) is 24.4. The lowest BCUT2D eigenvalue weighted by Crippen LogP contribution is -2.27. The summed E-state index contributed by atoms with van der Waals surface area (Å²) in [5.74, 6) is -1.07. The number of carbonyl (C=O) groups excluding carboxylic acids is 1. The minimum atomic E-state index is -1.03. The van der Waals surface area contributed by atoms with Crippen molar-refractivity contribution in [3.8, 4) is 0 Å². The first kappa shape index (κ1) is 15.7. The number of nitrogens with zero attached hydrogens (tertiary/aromatic N) is 5. The van der Waals surface area contributed by atoms with Crippen LogP contribution >= 0.6 is 0 Å². The van der Waals surface area contributed by atoms with E-state index in [0.717, 1.165) is 12.2 Å². The van der Waals surface area contributed by atoms with Gasteiger partial charge in [0.05, 0.1) is 24.0 Å². The SMILES string of the molecule is CCn1ccc(CN(C)C(=O)CCn2cc(C(=O)O)cn2)n1. The second-order valence-corrected chi connectivity index (χ2v) is 4.96. The van der Waals surface area contributed by atoms with Gasteiger partial charge in [-0.15, -0.1) is 0 Å². The van der Waals surface area contributed by atoms with Gasteiger partial charge in [-0.1, -0.05) is 0 Å². The highest BCUT2D eigenvalue weighted by molar-refractivity contribution is 5.86. The van der Waals surface area contributed by atoms with Crippen molar-refractivity contribution in [2.45, 2.75) is 33.0 Å². The van der Waals surface area contributed by atoms with E-state index in [4.69, 9.17) is 5.11 Å². The Bertz CT molecular complexity index is 661. The Morgan fingerprint density at radius 2 is 2.14 bits per heavy atom. The molecular formula is C14H19N5O3. The lowest BCUT2D eigenvalue weighted by atomic mass is 10.3. The van der Waals surface area contributed by atoms with Gasteiger partial charge < -0.3 is 10.0 Å². The monoisotopic (exact) mass is 305 g/mol. The molecule has 2 heterocycles. The highest BCUT2D eigenvalue weighted by Crippen LogP contribution is 2.04. The van der Waals surface area contributed by atoms with E-state index >= 15 is 0 Å². The molecule has 0 aliphatic rings. The van der Waals surface area contributed by atoms with Crippen LogP contribution in [0, 0.1) is 0 Å². The minimum absolute atomic E-state index is 0.0431. The maximum atomic E-state index is 12.1. The van der Waals surface area contributed by atoms with Crippen molar-refractivity contribution in [3.05, 3.63) is 35.9 Å². The molecule has 0 bridgehead atoms. The standard InChI is InChI=1S/C14H19N5O3/c1-3-18-6-4-12(16-18)10-17(2)13(20)5-7-19-9-11(8-15-19)14(21)22/h4,6,8-9H,3,5,7,10H2,1-2H3,(H,21,22). The lowest BCUT2D eigenvalue weighted by Gasteiger charge is -2.15. The van der Waals surface area contributed by atoms with Gasteiger partial charge in [-0.05, 0) is 13.0 Å². The largest absolute Gasteiger partial charge is 0.478 e. The molecule has 8 heteroatoms. The molecule has 0 spiro atoms. The third-order valence-electron chi connectivity index (χ3n) is 3.28. The third kappa shape index (κ3) is 3.94. The summed E-state index contributed by atoms with van der Waals surface area (Å²) < 4.78 is 3.27. The van der Waals surface area contributed by atoms with E-state index in [1.54, 1.807) is 11.9 Å². The fourth-order valence-electron chi connectivity index (χ4n) is 1.99. The van der Waals surface area contributed by atoms with Crippen LogP contribution in [0.2, 0.25) is 0 Å². The number of carbonyl (C=O) groups is 2. The van der Waals surface area contributed by atoms with Gasteiger partial charge in [-0.2, -0.15) is 10.2 Å². The van der Waals surface area contributed by atoms with Gasteiger partial charge >= 0.3 is 5.97 Å². The van der Waals surface area contributed by atoms with Crippen LogP contribution in [0.25, 0.3) is 0 Å². The minimum Gasteiger partial charge on any atom is -0.478 e. The fourth-order valence-corrected chi connectivity index (χ4v) is 1.99. The van der Waals surface area contributed by atoms with Crippen LogP contribution in [0.15, 0.2) is 24.7 Å². The molecule has 1 N–H and O–H groups in total. The second-order valence-electron chi connectivity index (χ2n) is 4.96. The second kappa shape index (κ2) is 6.88. The predicted octanol–water partition coefficient (Wildman–Crippen LogP) is 0.846. The number of aromatic nitrogens is 4. The molecule has 0 aromatic carbocycles. The molecular weight excluding hydrogens is 286 g/mol. The van der Waals surface area contributed by atoms with Crippen LogP contribution < -0.4 is 0 Å². The number of carboxylic acids is 1. The first-order valence-corrected chi connectivity index (χ1v) is 7.01. The smallest absolute Gasteiger partial charge is 0.338 e. The number of amides is 1. The Hall–Kier alpha value is -2.64. The van der Waals surface area contributed by atoms with E-state index in [9.17, 15) is 9.59 Å². The highest BCUT2D eigenvalue weighted by Gasteiger charge is 2.12. The zero-order valence-corrected chi connectivity index (χ0v) is 12.6. The first-order valence-electron chi connectivity index (χ1n) is 7.01. The molecule has 0 saturated heterocycles. The third-order valence-corrected chi connectivity index (χ3v) is 3.28. The Morgan fingerprint density at radius 3 is 2.73 bits per heavy atom. The van der Waals surface area contributed by atoms with Crippen LogP contribution in [0.3, 0.4) is 0 Å². The van der Waals surface area contributed by atoms with Crippen molar-refractivity contribution in [1.82, 2.24) is 24.5 Å². The van der Waals surface area contributed by atoms with E-state index in [1.807, 2.05) is 23.9 Å². The molecule has 118 valence electrons. The Labute approximate surface area is 127 Å². The summed E-state index contributed by atoms with van der Waals surface area (Å²) in [6.45, 7) is 3.59. The van der Waals surface area contributed by atoms with E-state index in [0.29, 0.717) is 13.1 Å². The molecule has 2 aromatic rings. The molecule has 0 aliphatic carbocycles. The summed E-state index contributed by atoms with van der Waals surface area (Å²) >= 11 is 0. The summed E-state index contributed by atoms with van der Waals surface area (Å²) in [6, 6.07) is 1.89. The fraction of sp³-hybridized carbons (Fsp3) is 0.429. The molecule has 2 rings (SSSR count). The molecule has 0 unspecified atom stereocenters. The number of aryl methyl sites for hydroxylation is 2. The van der Waals surface area contributed by atoms with Crippen molar-refractivity contribution in [2.24, 2.45) is 0 Å². The van der Waals surface area contributed by atoms with Crippen LogP contribution in [0.5, 0.6) is 0 Å². The van der Waals surface area contributed by atoms with Crippen LogP contribution in [-0.4, -0.2) is 48.5 Å². The number of aromatic carboxylic acids is 1. The quantitative estimate of drug-likeness (QED) is 0.818. The summed E-state index contributed by atoms with van der Waals surface area (Å²) in [5, 5.41) is 17.1. The van der Waals surface area contributed by atoms with Crippen molar-refractivity contribution >= 4 is 11.9 Å². The summed E-state index contributed by atoms with van der Waals surface area (Å²) in [7, 11) is 1.72. The van der Waals surface area contributed by atoms with E-state index < -0.39 is 5.97 Å². The van der Waals surface area contributed by atoms with Crippen molar-refractivity contribution in [2.75, 3.05) is 7.05 Å². The van der Waals surface area contributed by atoms with Crippen LogP contribution in [0.1, 0.15) is 29.4 Å². The maximum absolute atomic E-state index is 12.1. The predicted molar refractivity (Wildman–Crippen MR) is 78.2 cm³/mol. The molecule has 1 amide bonds. The van der Waals surface area contributed by atoms with Gasteiger partial charge in [0.2, 0.25) is 5.91 Å². The molecule has 0 fully saturated rings. The van der Waals surface area contributed by atoms with Crippen LogP contribution in [-0.2, 0) is 24.4 Å². The van der Waals surface area contributed by atoms with Crippen molar-refractivity contribution in [1.29, 1.82) is 0 Å². The van der Waals surface area contributed by atoms with Gasteiger partial charge in [0, 0.05) is 39.0 Å². The molecule has 2 aromatic heterocycles. The molecule has 22 heavy (non-hydrogen) atoms. The average Bonchev–Trinajstić information content (AvgIpc) is 3.13. The van der Waals surface area contributed by atoms with Gasteiger partial charge in [-0.3, -0.25) is 14.2 Å². The van der Waals surface area contributed by atoms with E-state index in [1.165, 1.54) is 17.1 Å². The zero-order valence-electron chi connectivity index (χ0n) is 12.6. The maximum Gasteiger partial charge on any atom is 0.338 e. The van der Waals surface area contributed by atoms with Crippen molar-refractivity contribution < 1.29 is 14.7 Å². The van der Waals surface area contributed by atoms with E-state index in [2.05, 4.69) is 10.2 Å². The molecule has 0 saturated carbocycles. The topological polar surface area (TPSA) is 93.2 Å². The first-order chi connectivity index (χ1) is 10.5. The lowest BCUT2D eigenvalue weighted by molar-refractivity contribution is -0.130. The van der Waals surface area contributed by atoms with Gasteiger partial charge in [0.25, 0.3) is 0 Å². The highest BCUT2D eigenvalue weighted by atomic mass is 16.4. The normalized spacial score (nSPS) is 10.6. The number of carboxylic acid groups (broad SMARTS) is 1. The Morgan fingerprint density at radius 1 is 1.36 bits per heavy atom. The van der Waals surface area contributed by atoms with Gasteiger partial charge in [0.1, 0.15) is 0 Å². The van der Waals surface area contributed by atoms with Crippen LogP contribution in [0.4, 0.5) is 0 Å². The summed E-state index contributed by atoms with van der Waals surface area (Å²) in [6.07, 6.45) is 4.82. The van der Waals surface area contributed by atoms with Gasteiger partial charge in [-0.25, -0.2) is 4.79 Å².